The Bertz CT molecular complexity index is 1280. The highest BCUT2D eigenvalue weighted by atomic mass is 16.5. The van der Waals surface area contributed by atoms with Crippen LogP contribution in [0.25, 0.3) is 0 Å². The molecule has 2 aromatic carbocycles. The van der Waals surface area contributed by atoms with E-state index in [4.69, 9.17) is 9.47 Å². The second-order valence-electron chi connectivity index (χ2n) is 13.3. The van der Waals surface area contributed by atoms with Gasteiger partial charge in [0.25, 0.3) is 5.91 Å². The average molecular weight is 636 g/mol. The summed E-state index contributed by atoms with van der Waals surface area (Å²) in [5, 5.41) is 13.2. The lowest BCUT2D eigenvalue weighted by Gasteiger charge is -2.36. The molecular formula is C37H53N3O6. The first-order valence-electron chi connectivity index (χ1n) is 17.1. The van der Waals surface area contributed by atoms with E-state index in [-0.39, 0.29) is 54.8 Å². The average Bonchev–Trinajstić information content (AvgIpc) is 3.06. The van der Waals surface area contributed by atoms with Crippen LogP contribution >= 0.6 is 0 Å². The fourth-order valence-corrected chi connectivity index (χ4v) is 6.47. The molecule has 9 nitrogen and oxygen atoms in total. The van der Waals surface area contributed by atoms with E-state index in [1.54, 1.807) is 23.1 Å². The number of fused-ring (bicyclic) bond motifs is 1. The van der Waals surface area contributed by atoms with Gasteiger partial charge in [-0.25, -0.2) is 0 Å². The Kier molecular flexibility index (Phi) is 13.5. The minimum absolute atomic E-state index is 0.0698. The Balaban J connectivity index is 1.58. The molecule has 9 heteroatoms. The van der Waals surface area contributed by atoms with Gasteiger partial charge in [-0.05, 0) is 69.7 Å². The number of benzene rings is 2. The number of carbonyl (C=O) groups is 3. The summed E-state index contributed by atoms with van der Waals surface area (Å²) < 4.78 is 12.7. The van der Waals surface area contributed by atoms with Gasteiger partial charge in [-0.15, -0.1) is 0 Å². The molecule has 1 aliphatic heterocycles. The molecule has 0 aromatic heterocycles. The quantitative estimate of drug-likeness (QED) is 0.385. The molecule has 4 atom stereocenters. The molecule has 1 heterocycles. The fraction of sp³-hybridized carbons (Fsp3) is 0.595. The third-order valence-electron chi connectivity index (χ3n) is 9.33. The zero-order valence-electron chi connectivity index (χ0n) is 28.1. The first-order chi connectivity index (χ1) is 22.2. The monoisotopic (exact) mass is 635 g/mol. The second kappa shape index (κ2) is 17.5. The van der Waals surface area contributed by atoms with E-state index >= 15 is 0 Å². The van der Waals surface area contributed by atoms with E-state index in [0.717, 1.165) is 50.5 Å². The third-order valence-corrected chi connectivity index (χ3v) is 9.33. The Morgan fingerprint density at radius 2 is 1.74 bits per heavy atom. The lowest BCUT2D eigenvalue weighted by molar-refractivity contribution is -0.138. The van der Waals surface area contributed by atoms with E-state index in [1.807, 2.05) is 63.1 Å². The predicted octanol–water partition coefficient (Wildman–Crippen LogP) is 5.70. The summed E-state index contributed by atoms with van der Waals surface area (Å²) in [6, 6.07) is 14.2. The number of aliphatic hydroxyl groups is 1. The molecule has 252 valence electrons. The number of amides is 3. The van der Waals surface area contributed by atoms with Gasteiger partial charge in [0, 0.05) is 44.3 Å². The van der Waals surface area contributed by atoms with Crippen molar-refractivity contribution >= 4 is 23.4 Å². The van der Waals surface area contributed by atoms with E-state index in [9.17, 15) is 19.5 Å². The van der Waals surface area contributed by atoms with E-state index in [1.165, 1.54) is 6.42 Å². The van der Waals surface area contributed by atoms with E-state index < -0.39 is 6.04 Å². The number of carbonyl (C=O) groups excluding carboxylic acids is 3. The molecule has 0 saturated heterocycles. The topological polar surface area (TPSA) is 108 Å². The molecule has 2 aromatic rings. The molecule has 1 saturated carbocycles. The number of hydrogen-bond donors (Lipinski definition) is 2. The Hall–Kier alpha value is -3.43. The number of nitrogens with zero attached hydrogens (tertiary/aromatic N) is 2. The van der Waals surface area contributed by atoms with Gasteiger partial charge in [0.15, 0.2) is 0 Å². The Morgan fingerprint density at radius 3 is 2.46 bits per heavy atom. The van der Waals surface area contributed by atoms with Gasteiger partial charge in [-0.1, -0.05) is 56.5 Å². The summed E-state index contributed by atoms with van der Waals surface area (Å²) in [6.45, 7) is 6.94. The molecule has 1 fully saturated rings. The highest BCUT2D eigenvalue weighted by molar-refractivity contribution is 6.00. The normalized spacial score (nSPS) is 22.6. The maximum absolute atomic E-state index is 14.3. The van der Waals surface area contributed by atoms with Gasteiger partial charge >= 0.3 is 0 Å². The molecule has 1 aliphatic carbocycles. The van der Waals surface area contributed by atoms with Gasteiger partial charge in [-0.3, -0.25) is 14.4 Å². The molecule has 0 spiro atoms. The summed E-state index contributed by atoms with van der Waals surface area (Å²) in [5.74, 6) is 0.0874. The van der Waals surface area contributed by atoms with Crippen LogP contribution < -0.4 is 10.1 Å². The molecule has 46 heavy (non-hydrogen) atoms. The van der Waals surface area contributed by atoms with Crippen molar-refractivity contribution in [1.82, 2.24) is 9.80 Å². The fourth-order valence-electron chi connectivity index (χ4n) is 6.47. The van der Waals surface area contributed by atoms with E-state index in [2.05, 4.69) is 5.32 Å². The number of hydrogen-bond acceptors (Lipinski definition) is 6. The lowest BCUT2D eigenvalue weighted by Crippen LogP contribution is -2.48. The van der Waals surface area contributed by atoms with Crippen molar-refractivity contribution in [2.45, 2.75) is 96.8 Å². The molecule has 0 unspecified atom stereocenters. The van der Waals surface area contributed by atoms with Crippen molar-refractivity contribution in [3.05, 3.63) is 59.7 Å². The number of anilines is 1. The number of ether oxygens (including phenoxy) is 2. The number of nitrogens with one attached hydrogen (secondary N) is 1. The summed E-state index contributed by atoms with van der Waals surface area (Å²) in [6.07, 6.45) is 7.58. The minimum atomic E-state index is -0.480. The van der Waals surface area contributed by atoms with Gasteiger partial charge in [0.1, 0.15) is 5.75 Å². The summed E-state index contributed by atoms with van der Waals surface area (Å²) >= 11 is 0. The first kappa shape index (κ1) is 35.4. The van der Waals surface area contributed by atoms with Gasteiger partial charge < -0.3 is 29.7 Å². The van der Waals surface area contributed by atoms with Gasteiger partial charge in [-0.2, -0.15) is 0 Å². The van der Waals surface area contributed by atoms with Crippen LogP contribution in [0.15, 0.2) is 48.5 Å². The maximum atomic E-state index is 14.3. The molecule has 2 aliphatic rings. The van der Waals surface area contributed by atoms with Crippen LogP contribution in [0.4, 0.5) is 5.69 Å². The van der Waals surface area contributed by atoms with Crippen LogP contribution in [0, 0.1) is 11.8 Å². The molecule has 0 bridgehead atoms. The predicted molar refractivity (Wildman–Crippen MR) is 180 cm³/mol. The van der Waals surface area contributed by atoms with Crippen molar-refractivity contribution in [1.29, 1.82) is 0 Å². The lowest BCUT2D eigenvalue weighted by atomic mass is 9.88. The van der Waals surface area contributed by atoms with Crippen LogP contribution in [0.5, 0.6) is 5.75 Å². The van der Waals surface area contributed by atoms with Crippen LogP contribution in [-0.2, 0) is 20.7 Å². The second-order valence-corrected chi connectivity index (χ2v) is 13.3. The highest BCUT2D eigenvalue weighted by Crippen LogP contribution is 2.29. The molecular weight excluding hydrogens is 582 g/mol. The van der Waals surface area contributed by atoms with Crippen molar-refractivity contribution in [3.8, 4) is 5.75 Å². The maximum Gasteiger partial charge on any atom is 0.258 e. The largest absolute Gasteiger partial charge is 0.490 e. The molecule has 2 N–H and O–H groups in total. The highest BCUT2D eigenvalue weighted by Gasteiger charge is 2.32. The van der Waals surface area contributed by atoms with Crippen LogP contribution in [0.1, 0.15) is 88.1 Å². The van der Waals surface area contributed by atoms with Crippen molar-refractivity contribution in [3.63, 3.8) is 0 Å². The molecule has 0 radical (unpaired) electrons. The van der Waals surface area contributed by atoms with Crippen molar-refractivity contribution in [2.75, 3.05) is 38.7 Å². The van der Waals surface area contributed by atoms with Crippen LogP contribution in [0.2, 0.25) is 0 Å². The number of aliphatic hydroxyl groups excluding tert-OH is 1. The third kappa shape index (κ3) is 10.0. The number of rotatable bonds is 8. The zero-order valence-corrected chi connectivity index (χ0v) is 28.1. The summed E-state index contributed by atoms with van der Waals surface area (Å²) in [7, 11) is 1.86. The van der Waals surface area contributed by atoms with Crippen LogP contribution in [-0.4, -0.2) is 84.2 Å². The van der Waals surface area contributed by atoms with Crippen molar-refractivity contribution in [2.24, 2.45) is 11.8 Å². The molecule has 3 amide bonds. The summed E-state index contributed by atoms with van der Waals surface area (Å²) in [5.41, 5.74) is 1.72. The SMILES string of the molecule is C[C@H]1CCCCO[C@H](CN(C)C(=O)C2CCCCC2)[C@@H](C)CN([C@@H](C)CO)C(=O)c2cc(NC(=O)Cc3ccccc3)ccc2O1. The smallest absolute Gasteiger partial charge is 0.258 e. The first-order valence-corrected chi connectivity index (χ1v) is 17.1. The molecule has 4 rings (SSSR count). The Morgan fingerprint density at radius 1 is 1.02 bits per heavy atom. The minimum Gasteiger partial charge on any atom is -0.490 e. The summed E-state index contributed by atoms with van der Waals surface area (Å²) in [4.78, 5) is 44.0. The Labute approximate surface area is 274 Å². The van der Waals surface area contributed by atoms with Gasteiger partial charge in [0.05, 0.1) is 36.8 Å². The standard InChI is InChI=1S/C37H53N3O6/c1-26-23-40(27(2)25-41)37(44)32-22-31(38-35(42)21-29-14-7-5-8-15-29)18-19-33(32)46-28(3)13-11-12-20-45-34(26)24-39(4)36(43)30-16-9-6-10-17-30/h5,7-8,14-15,18-19,22,26-28,30,34,41H,6,9-13,16-17,20-21,23-25H2,1-4H3,(H,38,42)/t26-,27-,28-,34+/m0/s1. The zero-order chi connectivity index (χ0) is 33.1. The van der Waals surface area contributed by atoms with Crippen LogP contribution in [0.3, 0.4) is 0 Å². The van der Waals surface area contributed by atoms with Crippen molar-refractivity contribution < 1.29 is 29.0 Å². The van der Waals surface area contributed by atoms with E-state index in [0.29, 0.717) is 36.7 Å². The number of likely N-dealkylation sites (N-methyl/N-ethyl adjacent to an activating group) is 1. The van der Waals surface area contributed by atoms with Gasteiger partial charge in [0.2, 0.25) is 11.8 Å².